The molecule has 0 saturated heterocycles. The summed E-state index contributed by atoms with van der Waals surface area (Å²) < 4.78 is 20.0. The van der Waals surface area contributed by atoms with Gasteiger partial charge in [0, 0.05) is 28.7 Å². The van der Waals surface area contributed by atoms with E-state index in [0.717, 1.165) is 35.2 Å². The Morgan fingerprint density at radius 2 is 2.00 bits per heavy atom. The van der Waals surface area contributed by atoms with Crippen LogP contribution in [0.4, 0.5) is 15.9 Å². The number of fused-ring (bicyclic) bond motifs is 1. The van der Waals surface area contributed by atoms with E-state index in [1.165, 1.54) is 6.07 Å². The van der Waals surface area contributed by atoms with Gasteiger partial charge in [0.05, 0.1) is 18.2 Å². The molecule has 2 aromatic carbocycles. The second-order valence-corrected chi connectivity index (χ2v) is 6.85. The van der Waals surface area contributed by atoms with Crippen LogP contribution < -0.4 is 9.64 Å². The lowest BCUT2D eigenvalue weighted by molar-refractivity contribution is 0.294. The van der Waals surface area contributed by atoms with E-state index in [2.05, 4.69) is 31.8 Å². The third kappa shape index (κ3) is 4.06. The van der Waals surface area contributed by atoms with Gasteiger partial charge >= 0.3 is 0 Å². The van der Waals surface area contributed by atoms with E-state index in [4.69, 9.17) is 10.00 Å². The summed E-state index contributed by atoms with van der Waals surface area (Å²) in [5, 5.41) is 10.1. The van der Waals surface area contributed by atoms with Gasteiger partial charge in [-0.15, -0.1) is 0 Å². The molecule has 0 bridgehead atoms. The van der Waals surface area contributed by atoms with E-state index >= 15 is 0 Å². The largest absolute Gasteiger partial charge is 0.491 e. The lowest BCUT2D eigenvalue weighted by Gasteiger charge is -2.28. The van der Waals surface area contributed by atoms with Crippen molar-refractivity contribution in [2.75, 3.05) is 11.5 Å². The van der Waals surface area contributed by atoms with Crippen molar-refractivity contribution in [3.8, 4) is 11.8 Å². The predicted molar refractivity (Wildman–Crippen MR) is 107 cm³/mol. The fraction of sp³-hybridized carbons (Fsp3) is 0.318. The molecule has 0 atom stereocenters. The molecule has 0 spiro atoms. The number of ether oxygens (including phenoxy) is 1. The van der Waals surface area contributed by atoms with Crippen molar-refractivity contribution in [3.63, 3.8) is 0 Å². The Morgan fingerprint density at radius 3 is 2.67 bits per heavy atom. The van der Waals surface area contributed by atoms with Crippen molar-refractivity contribution in [2.24, 2.45) is 0 Å². The quantitative estimate of drug-likeness (QED) is 0.530. The highest BCUT2D eigenvalue weighted by Gasteiger charge is 2.17. The van der Waals surface area contributed by atoms with Crippen molar-refractivity contribution in [2.45, 2.75) is 39.7 Å². The predicted octanol–water partition coefficient (Wildman–Crippen LogP) is 5.90. The first-order valence-corrected chi connectivity index (χ1v) is 9.28. The molecule has 1 heterocycles. The summed E-state index contributed by atoms with van der Waals surface area (Å²) in [6.07, 6.45) is 1.91. The van der Waals surface area contributed by atoms with Crippen LogP contribution in [0.25, 0.3) is 10.9 Å². The average molecular weight is 365 g/mol. The molecule has 1 aromatic heterocycles. The number of nitrogens with zero attached hydrogens (tertiary/aromatic N) is 2. The number of unbranched alkanes of at least 4 members (excludes halogenated alkanes) is 1. The Labute approximate surface area is 159 Å². The first-order valence-electron chi connectivity index (χ1n) is 9.28. The minimum atomic E-state index is -0.364. The van der Waals surface area contributed by atoms with Gasteiger partial charge < -0.3 is 14.6 Å². The summed E-state index contributed by atoms with van der Waals surface area (Å²) in [5.41, 5.74) is 2.23. The fourth-order valence-electron chi connectivity index (χ4n) is 3.11. The maximum atomic E-state index is 14.5. The molecule has 3 aromatic rings. The van der Waals surface area contributed by atoms with E-state index in [1.54, 1.807) is 12.1 Å². The average Bonchev–Trinajstić information content (AvgIpc) is 3.05. The number of hydrogen-bond acceptors (Lipinski definition) is 3. The minimum absolute atomic E-state index is 0.111. The van der Waals surface area contributed by atoms with Crippen molar-refractivity contribution in [1.29, 1.82) is 5.26 Å². The maximum Gasteiger partial charge on any atom is 0.167 e. The van der Waals surface area contributed by atoms with E-state index in [-0.39, 0.29) is 17.6 Å². The third-order valence-electron chi connectivity index (χ3n) is 4.46. The van der Waals surface area contributed by atoms with Crippen LogP contribution in [0.1, 0.15) is 39.2 Å². The van der Waals surface area contributed by atoms with Crippen LogP contribution in [0.15, 0.2) is 42.5 Å². The SMILES string of the molecule is CCCCOc1ccc(N(c2cc3ccc(C#N)cc3[nH]2)C(C)C)cc1F. The summed E-state index contributed by atoms with van der Waals surface area (Å²) in [6.45, 7) is 6.69. The Morgan fingerprint density at radius 1 is 1.19 bits per heavy atom. The number of hydrogen-bond donors (Lipinski definition) is 1. The van der Waals surface area contributed by atoms with Gasteiger partial charge in [-0.2, -0.15) is 5.26 Å². The van der Waals surface area contributed by atoms with E-state index < -0.39 is 0 Å². The molecule has 0 fully saturated rings. The molecule has 27 heavy (non-hydrogen) atoms. The number of aromatic amines is 1. The molecular weight excluding hydrogens is 341 g/mol. The van der Waals surface area contributed by atoms with Gasteiger partial charge in [-0.25, -0.2) is 4.39 Å². The molecule has 0 amide bonds. The molecule has 0 saturated carbocycles. The third-order valence-corrected chi connectivity index (χ3v) is 4.46. The maximum absolute atomic E-state index is 14.5. The van der Waals surface area contributed by atoms with E-state index in [9.17, 15) is 4.39 Å². The molecule has 0 aliphatic carbocycles. The molecule has 0 aliphatic rings. The molecule has 4 nitrogen and oxygen atoms in total. The molecular formula is C22H24FN3O. The van der Waals surface area contributed by atoms with Gasteiger partial charge in [-0.3, -0.25) is 0 Å². The number of nitriles is 1. The Balaban J connectivity index is 1.94. The van der Waals surface area contributed by atoms with Crippen LogP contribution in [0.5, 0.6) is 5.75 Å². The molecule has 5 heteroatoms. The molecule has 140 valence electrons. The first-order chi connectivity index (χ1) is 13.0. The molecule has 0 unspecified atom stereocenters. The van der Waals surface area contributed by atoms with Crippen molar-refractivity contribution >= 4 is 22.4 Å². The van der Waals surface area contributed by atoms with Crippen LogP contribution in [0.3, 0.4) is 0 Å². The summed E-state index contributed by atoms with van der Waals surface area (Å²) >= 11 is 0. The number of aromatic nitrogens is 1. The standard InChI is InChI=1S/C22H24FN3O/c1-4-5-10-27-21-9-8-18(13-19(21)23)26(15(2)3)22-12-17-7-6-16(14-24)11-20(17)25-22/h6-9,11-13,15,25H,4-5,10H2,1-3H3. The zero-order valence-corrected chi connectivity index (χ0v) is 15.9. The minimum Gasteiger partial charge on any atom is -0.491 e. The second-order valence-electron chi connectivity index (χ2n) is 6.85. The van der Waals surface area contributed by atoms with Gasteiger partial charge in [0.2, 0.25) is 0 Å². The molecule has 0 aliphatic heterocycles. The number of H-pyrrole nitrogens is 1. The van der Waals surface area contributed by atoms with Gasteiger partial charge in [0.25, 0.3) is 0 Å². The second kappa shape index (κ2) is 8.13. The van der Waals surface area contributed by atoms with Crippen molar-refractivity contribution in [3.05, 3.63) is 53.8 Å². The van der Waals surface area contributed by atoms with Crippen LogP contribution in [0.2, 0.25) is 0 Å². The summed E-state index contributed by atoms with van der Waals surface area (Å²) in [5.74, 6) is 0.775. The highest BCUT2D eigenvalue weighted by atomic mass is 19.1. The van der Waals surface area contributed by atoms with E-state index in [1.807, 2.05) is 29.2 Å². The summed E-state index contributed by atoms with van der Waals surface area (Å²) in [4.78, 5) is 5.38. The van der Waals surface area contributed by atoms with Crippen LogP contribution in [-0.2, 0) is 0 Å². The molecule has 0 radical (unpaired) electrons. The lowest BCUT2D eigenvalue weighted by Crippen LogP contribution is -2.25. The number of nitrogens with one attached hydrogen (secondary N) is 1. The number of halogens is 1. The monoisotopic (exact) mass is 365 g/mol. The Kier molecular flexibility index (Phi) is 5.66. The van der Waals surface area contributed by atoms with Crippen molar-refractivity contribution in [1.82, 2.24) is 4.98 Å². The Hall–Kier alpha value is -3.00. The van der Waals surface area contributed by atoms with Crippen LogP contribution >= 0.6 is 0 Å². The van der Waals surface area contributed by atoms with Gasteiger partial charge in [0.15, 0.2) is 11.6 Å². The van der Waals surface area contributed by atoms with Gasteiger partial charge in [-0.1, -0.05) is 19.4 Å². The molecule has 3 rings (SSSR count). The lowest BCUT2D eigenvalue weighted by atomic mass is 10.2. The normalized spacial score (nSPS) is 11.0. The summed E-state index contributed by atoms with van der Waals surface area (Å²) in [6, 6.07) is 14.9. The van der Waals surface area contributed by atoms with E-state index in [0.29, 0.717) is 12.2 Å². The first kappa shape index (κ1) is 18.8. The van der Waals surface area contributed by atoms with Crippen LogP contribution in [-0.4, -0.2) is 17.6 Å². The highest BCUT2D eigenvalue weighted by molar-refractivity contribution is 5.86. The summed E-state index contributed by atoms with van der Waals surface area (Å²) in [7, 11) is 0. The number of rotatable bonds is 7. The number of benzene rings is 2. The topological polar surface area (TPSA) is 52.0 Å². The zero-order chi connectivity index (χ0) is 19.4. The fourth-order valence-corrected chi connectivity index (χ4v) is 3.11. The smallest absolute Gasteiger partial charge is 0.167 e. The Bertz CT molecular complexity index is 971. The number of anilines is 2. The zero-order valence-electron chi connectivity index (χ0n) is 15.9. The molecule has 1 N–H and O–H groups in total. The van der Waals surface area contributed by atoms with Gasteiger partial charge in [-0.05, 0) is 50.6 Å². The van der Waals surface area contributed by atoms with Crippen LogP contribution in [0, 0.1) is 17.1 Å². The van der Waals surface area contributed by atoms with Gasteiger partial charge in [0.1, 0.15) is 5.82 Å². The van der Waals surface area contributed by atoms with Crippen molar-refractivity contribution < 1.29 is 9.13 Å². The highest BCUT2D eigenvalue weighted by Crippen LogP contribution is 2.33.